The van der Waals surface area contributed by atoms with Crippen LogP contribution in [0.1, 0.15) is 31.7 Å². The molecule has 2 aromatic heterocycles. The zero-order valence-corrected chi connectivity index (χ0v) is 14.7. The highest BCUT2D eigenvalue weighted by atomic mass is 127. The quantitative estimate of drug-likeness (QED) is 0.553. The van der Waals surface area contributed by atoms with E-state index in [-0.39, 0.29) is 17.7 Å². The van der Waals surface area contributed by atoms with Crippen LogP contribution >= 0.6 is 22.6 Å². The smallest absolute Gasteiger partial charge is 0.265 e. The average molecular weight is 437 g/mol. The topological polar surface area (TPSA) is 124 Å². The van der Waals surface area contributed by atoms with Gasteiger partial charge in [-0.2, -0.15) is 13.5 Å². The van der Waals surface area contributed by atoms with Gasteiger partial charge in [0, 0.05) is 0 Å². The van der Waals surface area contributed by atoms with Crippen molar-refractivity contribution in [3.8, 4) is 0 Å². The second-order valence-corrected chi connectivity index (χ2v) is 8.13. The lowest BCUT2D eigenvalue weighted by Gasteiger charge is -2.28. The summed E-state index contributed by atoms with van der Waals surface area (Å²) in [5, 5.41) is 5.29. The number of halogens is 1. The van der Waals surface area contributed by atoms with Gasteiger partial charge in [0.05, 0.1) is 17.2 Å². The van der Waals surface area contributed by atoms with Crippen molar-refractivity contribution in [1.29, 1.82) is 0 Å². The Morgan fingerprint density at radius 1 is 1.32 bits per heavy atom. The van der Waals surface area contributed by atoms with Gasteiger partial charge in [-0.15, -0.1) is 0 Å². The van der Waals surface area contributed by atoms with Crippen molar-refractivity contribution in [2.45, 2.75) is 31.7 Å². The van der Waals surface area contributed by atoms with E-state index >= 15 is 0 Å². The molecule has 1 fully saturated rings. The first-order valence-electron chi connectivity index (χ1n) is 6.94. The number of aromatic nitrogens is 4. The number of hydrogen-bond acceptors (Lipinski definition) is 6. The van der Waals surface area contributed by atoms with Crippen LogP contribution in [0.4, 0.5) is 5.82 Å². The van der Waals surface area contributed by atoms with E-state index in [1.54, 1.807) is 0 Å². The van der Waals surface area contributed by atoms with E-state index in [4.69, 9.17) is 10.3 Å². The lowest BCUT2D eigenvalue weighted by molar-refractivity contribution is 0.276. The second-order valence-electron chi connectivity index (χ2n) is 5.62. The Labute approximate surface area is 141 Å². The van der Waals surface area contributed by atoms with Gasteiger partial charge in [0.1, 0.15) is 15.8 Å². The van der Waals surface area contributed by atoms with Gasteiger partial charge in [-0.1, -0.05) is 0 Å². The summed E-state index contributed by atoms with van der Waals surface area (Å²) in [4.78, 5) is 8.28. The molecular formula is C12H16IN5O3S. The molecule has 0 unspecified atom stereocenters. The van der Waals surface area contributed by atoms with Crippen LogP contribution in [-0.2, 0) is 10.1 Å². The predicted molar refractivity (Wildman–Crippen MR) is 89.9 cm³/mol. The Morgan fingerprint density at radius 3 is 2.64 bits per heavy atom. The number of fused-ring (bicyclic) bond motifs is 1. The zero-order chi connectivity index (χ0) is 15.9. The Bertz CT molecular complexity index is 798. The summed E-state index contributed by atoms with van der Waals surface area (Å²) in [7, 11) is -3.90. The molecule has 1 aliphatic rings. The first-order chi connectivity index (χ1) is 10.3. The minimum absolute atomic E-state index is 0.00634. The summed E-state index contributed by atoms with van der Waals surface area (Å²) in [6.07, 6.45) is 4.51. The summed E-state index contributed by atoms with van der Waals surface area (Å²) >= 11 is 2.12. The number of hydrogen-bond donors (Lipinski definition) is 2. The summed E-state index contributed by atoms with van der Waals surface area (Å²) in [5.74, 6) is 0.263. The maximum absolute atomic E-state index is 11.0. The van der Waals surface area contributed by atoms with Crippen LogP contribution in [0, 0.1) is 9.62 Å². The van der Waals surface area contributed by atoms with Crippen molar-refractivity contribution in [3.05, 3.63) is 10.0 Å². The standard InChI is InChI=1S/C12H16IN5O3S/c13-10-9-11(14)15-6-16-12(9)18(17-10)8-3-1-7(2-4-8)5-22(19,20)21/h6-8H,1-5H2,(H2,14,15,16)(H,19,20,21). The maximum atomic E-state index is 11.0. The molecule has 120 valence electrons. The van der Waals surface area contributed by atoms with Crippen molar-refractivity contribution in [2.24, 2.45) is 5.92 Å². The SMILES string of the molecule is Nc1ncnc2c1c(I)nn2C1CCC(CS(=O)(=O)O)CC1. The lowest BCUT2D eigenvalue weighted by atomic mass is 9.87. The number of nitrogen functional groups attached to an aromatic ring is 1. The van der Waals surface area contributed by atoms with Gasteiger partial charge in [-0.3, -0.25) is 4.55 Å². The van der Waals surface area contributed by atoms with Crippen LogP contribution in [0.5, 0.6) is 0 Å². The second kappa shape index (κ2) is 5.89. The molecule has 0 spiro atoms. The maximum Gasteiger partial charge on any atom is 0.265 e. The van der Waals surface area contributed by atoms with Gasteiger partial charge < -0.3 is 5.73 Å². The Morgan fingerprint density at radius 2 is 2.00 bits per heavy atom. The average Bonchev–Trinajstić information content (AvgIpc) is 2.77. The van der Waals surface area contributed by atoms with Crippen LogP contribution in [-0.4, -0.2) is 38.5 Å². The molecule has 3 rings (SSSR count). The number of nitrogens with zero attached hydrogens (tertiary/aromatic N) is 4. The molecule has 8 nitrogen and oxygen atoms in total. The number of rotatable bonds is 3. The third-order valence-corrected chi connectivity index (χ3v) is 5.73. The fourth-order valence-electron chi connectivity index (χ4n) is 3.06. The van der Waals surface area contributed by atoms with Crippen LogP contribution in [0.15, 0.2) is 6.33 Å². The molecule has 0 radical (unpaired) electrons. The fraction of sp³-hybridized carbons (Fsp3) is 0.583. The Hall–Kier alpha value is -1.01. The molecule has 3 N–H and O–H groups in total. The molecule has 1 aliphatic carbocycles. The Balaban J connectivity index is 1.81. The minimum atomic E-state index is -3.90. The summed E-state index contributed by atoms with van der Waals surface area (Å²) < 4.78 is 33.5. The predicted octanol–water partition coefficient (Wildman–Crippen LogP) is 1.63. The van der Waals surface area contributed by atoms with Gasteiger partial charge in [0.2, 0.25) is 0 Å². The normalized spacial score (nSPS) is 23.0. The molecule has 0 amide bonds. The first kappa shape index (κ1) is 15.9. The monoisotopic (exact) mass is 437 g/mol. The van der Waals surface area contributed by atoms with Crippen molar-refractivity contribution in [3.63, 3.8) is 0 Å². The molecule has 1 saturated carbocycles. The first-order valence-corrected chi connectivity index (χ1v) is 9.63. The molecule has 0 aromatic carbocycles. The van der Waals surface area contributed by atoms with E-state index in [2.05, 4.69) is 37.7 Å². The van der Waals surface area contributed by atoms with Crippen molar-refractivity contribution >= 4 is 49.6 Å². The summed E-state index contributed by atoms with van der Waals surface area (Å²) in [6.45, 7) is 0. The van der Waals surface area contributed by atoms with Gasteiger partial charge in [0.25, 0.3) is 10.1 Å². The summed E-state index contributed by atoms with van der Waals surface area (Å²) in [5.41, 5.74) is 6.61. The van der Waals surface area contributed by atoms with E-state index in [9.17, 15) is 8.42 Å². The minimum Gasteiger partial charge on any atom is -0.383 e. The zero-order valence-electron chi connectivity index (χ0n) is 11.7. The molecule has 0 bridgehead atoms. The lowest BCUT2D eigenvalue weighted by Crippen LogP contribution is -2.24. The van der Waals surface area contributed by atoms with E-state index in [0.29, 0.717) is 5.82 Å². The molecule has 2 aromatic rings. The Kier molecular flexibility index (Phi) is 4.25. The van der Waals surface area contributed by atoms with Crippen molar-refractivity contribution in [1.82, 2.24) is 19.7 Å². The highest BCUT2D eigenvalue weighted by Gasteiger charge is 2.28. The molecular weight excluding hydrogens is 421 g/mol. The van der Waals surface area contributed by atoms with Crippen LogP contribution < -0.4 is 5.73 Å². The van der Waals surface area contributed by atoms with Crippen LogP contribution in [0.2, 0.25) is 0 Å². The highest BCUT2D eigenvalue weighted by Crippen LogP contribution is 2.35. The van der Waals surface area contributed by atoms with E-state index in [0.717, 1.165) is 40.4 Å². The molecule has 22 heavy (non-hydrogen) atoms. The fourth-order valence-corrected chi connectivity index (χ4v) is 4.74. The summed E-state index contributed by atoms with van der Waals surface area (Å²) in [6, 6.07) is 0.165. The van der Waals surface area contributed by atoms with Gasteiger partial charge in [-0.05, 0) is 54.2 Å². The van der Waals surface area contributed by atoms with Gasteiger partial charge >= 0.3 is 0 Å². The molecule has 0 atom stereocenters. The third-order valence-electron chi connectivity index (χ3n) is 4.08. The highest BCUT2D eigenvalue weighted by molar-refractivity contribution is 14.1. The van der Waals surface area contributed by atoms with Crippen LogP contribution in [0.3, 0.4) is 0 Å². The number of anilines is 1. The van der Waals surface area contributed by atoms with Gasteiger partial charge in [-0.25, -0.2) is 14.6 Å². The van der Waals surface area contributed by atoms with Crippen molar-refractivity contribution in [2.75, 3.05) is 11.5 Å². The van der Waals surface area contributed by atoms with Crippen LogP contribution in [0.25, 0.3) is 11.0 Å². The van der Waals surface area contributed by atoms with Gasteiger partial charge in [0.15, 0.2) is 5.65 Å². The van der Waals surface area contributed by atoms with Crippen molar-refractivity contribution < 1.29 is 13.0 Å². The van der Waals surface area contributed by atoms with E-state index in [1.807, 2.05) is 4.68 Å². The molecule has 0 saturated heterocycles. The van der Waals surface area contributed by atoms with E-state index < -0.39 is 10.1 Å². The number of nitrogens with two attached hydrogens (primary N) is 1. The molecule has 0 aliphatic heterocycles. The molecule has 2 heterocycles. The molecule has 10 heteroatoms. The third kappa shape index (κ3) is 3.18. The largest absolute Gasteiger partial charge is 0.383 e. The van der Waals surface area contributed by atoms with E-state index in [1.165, 1.54) is 6.33 Å².